The van der Waals surface area contributed by atoms with Crippen molar-refractivity contribution in [3.63, 3.8) is 0 Å². The molecule has 1 aliphatic carbocycles. The Balaban J connectivity index is 1.73. The Morgan fingerprint density at radius 1 is 1.00 bits per heavy atom. The molecule has 3 aromatic carbocycles. The number of carbonyl (C=O) groups excluding carboxylic acids is 2. The number of hydrogen-bond donors (Lipinski definition) is 1. The number of halogens is 1. The van der Waals surface area contributed by atoms with Gasteiger partial charge in [0.25, 0.3) is 0 Å². The molecule has 42 heavy (non-hydrogen) atoms. The predicted octanol–water partition coefficient (Wildman–Crippen LogP) is 5.12. The van der Waals surface area contributed by atoms with Crippen LogP contribution in [-0.2, 0) is 32.6 Å². The van der Waals surface area contributed by atoms with Crippen molar-refractivity contribution in [1.29, 1.82) is 0 Å². The zero-order valence-corrected chi connectivity index (χ0v) is 25.8. The number of carbonyl (C=O) groups is 2. The van der Waals surface area contributed by atoms with Crippen molar-refractivity contribution < 1.29 is 22.7 Å². The van der Waals surface area contributed by atoms with Gasteiger partial charge in [0.1, 0.15) is 18.3 Å². The molecule has 10 heteroatoms. The fourth-order valence-electron chi connectivity index (χ4n) is 5.35. The van der Waals surface area contributed by atoms with Crippen molar-refractivity contribution in [1.82, 2.24) is 10.2 Å². The van der Waals surface area contributed by atoms with Crippen LogP contribution in [0.15, 0.2) is 72.8 Å². The van der Waals surface area contributed by atoms with Gasteiger partial charge >= 0.3 is 0 Å². The molecule has 2 amide bonds. The van der Waals surface area contributed by atoms with Crippen molar-refractivity contribution >= 4 is 39.1 Å². The summed E-state index contributed by atoms with van der Waals surface area (Å²) in [5.74, 6) is -0.366. The molecule has 3 aromatic rings. The second kappa shape index (κ2) is 14.1. The highest BCUT2D eigenvalue weighted by molar-refractivity contribution is 7.92. The van der Waals surface area contributed by atoms with E-state index in [-0.39, 0.29) is 35.6 Å². The van der Waals surface area contributed by atoms with Gasteiger partial charge in [0.2, 0.25) is 21.8 Å². The SMILES string of the molecule is COc1ccc(N(CC(=O)N(Cc2cccc(C)c2)[C@@H](Cc2ccccc2)C(=O)NC2CCCC2)S(C)(=O)=O)cc1Cl. The van der Waals surface area contributed by atoms with E-state index in [0.717, 1.165) is 52.9 Å². The third-order valence-corrected chi connectivity index (χ3v) is 8.95. The Hall–Kier alpha value is -3.56. The van der Waals surface area contributed by atoms with Crippen LogP contribution < -0.4 is 14.4 Å². The fraction of sp³-hybridized carbons (Fsp3) is 0.375. The lowest BCUT2D eigenvalue weighted by atomic mass is 10.0. The van der Waals surface area contributed by atoms with Crippen molar-refractivity contribution in [2.24, 2.45) is 0 Å². The largest absolute Gasteiger partial charge is 0.495 e. The molecule has 8 nitrogen and oxygen atoms in total. The number of methoxy groups -OCH3 is 1. The first-order valence-electron chi connectivity index (χ1n) is 14.1. The molecule has 0 unspecified atom stereocenters. The lowest BCUT2D eigenvalue weighted by Gasteiger charge is -2.34. The van der Waals surface area contributed by atoms with E-state index in [0.29, 0.717) is 5.75 Å². The van der Waals surface area contributed by atoms with Crippen LogP contribution in [-0.4, -0.2) is 57.1 Å². The average molecular weight is 612 g/mol. The highest BCUT2D eigenvalue weighted by Crippen LogP contribution is 2.30. The van der Waals surface area contributed by atoms with E-state index in [1.165, 1.54) is 24.1 Å². The zero-order chi connectivity index (χ0) is 30.3. The highest BCUT2D eigenvalue weighted by Gasteiger charge is 2.34. The number of ether oxygens (including phenoxy) is 1. The van der Waals surface area contributed by atoms with Gasteiger partial charge in [0, 0.05) is 19.0 Å². The summed E-state index contributed by atoms with van der Waals surface area (Å²) in [6.45, 7) is 1.59. The Kier molecular flexibility index (Phi) is 10.5. The smallest absolute Gasteiger partial charge is 0.244 e. The predicted molar refractivity (Wildman–Crippen MR) is 166 cm³/mol. The molecular weight excluding hydrogens is 574 g/mol. The number of sulfonamides is 1. The molecule has 0 heterocycles. The van der Waals surface area contributed by atoms with E-state index in [9.17, 15) is 18.0 Å². The van der Waals surface area contributed by atoms with E-state index in [4.69, 9.17) is 16.3 Å². The van der Waals surface area contributed by atoms with Crippen LogP contribution in [0.2, 0.25) is 5.02 Å². The molecule has 0 aromatic heterocycles. The van der Waals surface area contributed by atoms with Gasteiger partial charge in [-0.3, -0.25) is 13.9 Å². The molecule has 0 spiro atoms. The van der Waals surface area contributed by atoms with E-state index in [2.05, 4.69) is 5.32 Å². The van der Waals surface area contributed by atoms with Gasteiger partial charge in [-0.2, -0.15) is 0 Å². The second-order valence-electron chi connectivity index (χ2n) is 10.8. The lowest BCUT2D eigenvalue weighted by Crippen LogP contribution is -2.54. The summed E-state index contributed by atoms with van der Waals surface area (Å²) >= 11 is 6.31. The standard InChI is InChI=1S/C32H38ClN3O5S/c1-23-10-9-13-25(18-23)21-35(29(19-24-11-5-4-6-12-24)32(38)34-26-14-7-8-15-26)31(37)22-36(42(3,39)40)27-16-17-30(41-2)28(33)20-27/h4-6,9-13,16-18,20,26,29H,7-8,14-15,19,21-22H2,1-3H3,(H,34,38)/t29-/m0/s1. The minimum absolute atomic E-state index is 0.0562. The maximum Gasteiger partial charge on any atom is 0.244 e. The van der Waals surface area contributed by atoms with Gasteiger partial charge in [-0.25, -0.2) is 8.42 Å². The normalized spacial score (nSPS) is 14.3. The molecule has 1 N–H and O–H groups in total. The maximum absolute atomic E-state index is 14.2. The molecule has 0 radical (unpaired) electrons. The Morgan fingerprint density at radius 2 is 1.69 bits per heavy atom. The van der Waals surface area contributed by atoms with Gasteiger partial charge in [0.05, 0.1) is 24.1 Å². The van der Waals surface area contributed by atoms with Gasteiger partial charge in [-0.15, -0.1) is 0 Å². The minimum Gasteiger partial charge on any atom is -0.495 e. The topological polar surface area (TPSA) is 96.0 Å². The van der Waals surface area contributed by atoms with Crippen LogP contribution >= 0.6 is 11.6 Å². The summed E-state index contributed by atoms with van der Waals surface area (Å²) in [4.78, 5) is 29.6. The van der Waals surface area contributed by atoms with Gasteiger partial charge in [-0.05, 0) is 49.1 Å². The first-order valence-corrected chi connectivity index (χ1v) is 16.3. The fourth-order valence-corrected chi connectivity index (χ4v) is 6.45. The number of nitrogens with one attached hydrogen (secondary N) is 1. The molecule has 4 rings (SSSR count). The van der Waals surface area contributed by atoms with Crippen LogP contribution in [0.4, 0.5) is 5.69 Å². The summed E-state index contributed by atoms with van der Waals surface area (Å²) in [5, 5.41) is 3.38. The average Bonchev–Trinajstić information content (AvgIpc) is 3.46. The molecule has 0 saturated heterocycles. The van der Waals surface area contributed by atoms with Crippen molar-refractivity contribution in [2.45, 2.75) is 57.7 Å². The quantitative estimate of drug-likeness (QED) is 0.307. The first kappa shape index (κ1) is 31.4. The molecule has 0 aliphatic heterocycles. The van der Waals surface area contributed by atoms with Crippen molar-refractivity contribution in [3.05, 3.63) is 94.5 Å². The van der Waals surface area contributed by atoms with Crippen LogP contribution in [0.3, 0.4) is 0 Å². The Morgan fingerprint density at radius 3 is 2.31 bits per heavy atom. The molecule has 1 aliphatic rings. The molecule has 0 bridgehead atoms. The van der Waals surface area contributed by atoms with E-state index < -0.39 is 28.5 Å². The van der Waals surface area contributed by atoms with E-state index >= 15 is 0 Å². The summed E-state index contributed by atoms with van der Waals surface area (Å²) in [6, 6.07) is 21.0. The number of rotatable bonds is 12. The summed E-state index contributed by atoms with van der Waals surface area (Å²) in [7, 11) is -2.44. The van der Waals surface area contributed by atoms with Gasteiger partial charge < -0.3 is 15.0 Å². The van der Waals surface area contributed by atoms with E-state index in [1.807, 2.05) is 61.5 Å². The van der Waals surface area contributed by atoms with Crippen LogP contribution in [0.25, 0.3) is 0 Å². The lowest BCUT2D eigenvalue weighted by molar-refractivity contribution is -0.140. The van der Waals surface area contributed by atoms with Gasteiger partial charge in [0.15, 0.2) is 0 Å². The minimum atomic E-state index is -3.90. The first-order chi connectivity index (χ1) is 20.0. The molecule has 1 fully saturated rings. The maximum atomic E-state index is 14.2. The monoisotopic (exact) mass is 611 g/mol. The number of amides is 2. The Bertz CT molecular complexity index is 1490. The molecule has 1 atom stereocenters. The number of nitrogens with zero attached hydrogens (tertiary/aromatic N) is 2. The van der Waals surface area contributed by atoms with Crippen molar-refractivity contribution in [3.8, 4) is 5.75 Å². The van der Waals surface area contributed by atoms with Crippen LogP contribution in [0.5, 0.6) is 5.75 Å². The molecular formula is C32H38ClN3O5S. The second-order valence-corrected chi connectivity index (χ2v) is 13.1. The highest BCUT2D eigenvalue weighted by atomic mass is 35.5. The number of aryl methyl sites for hydroxylation is 1. The molecule has 1 saturated carbocycles. The van der Waals surface area contributed by atoms with Crippen LogP contribution in [0.1, 0.15) is 42.4 Å². The molecule has 224 valence electrons. The number of hydrogen-bond acceptors (Lipinski definition) is 5. The summed E-state index contributed by atoms with van der Waals surface area (Å²) < 4.78 is 32.2. The van der Waals surface area contributed by atoms with E-state index in [1.54, 1.807) is 6.07 Å². The number of benzene rings is 3. The Labute approximate surface area is 253 Å². The number of anilines is 1. The summed E-state index contributed by atoms with van der Waals surface area (Å²) in [5.41, 5.74) is 2.98. The third kappa shape index (κ3) is 8.26. The van der Waals surface area contributed by atoms with Crippen LogP contribution in [0, 0.1) is 6.92 Å². The third-order valence-electron chi connectivity index (χ3n) is 7.51. The zero-order valence-electron chi connectivity index (χ0n) is 24.3. The summed E-state index contributed by atoms with van der Waals surface area (Å²) in [6.07, 6.45) is 5.22. The van der Waals surface area contributed by atoms with Gasteiger partial charge in [-0.1, -0.05) is 84.6 Å². The van der Waals surface area contributed by atoms with Crippen molar-refractivity contribution in [2.75, 3.05) is 24.2 Å².